The molecule has 1 fully saturated rings. The van der Waals surface area contributed by atoms with Gasteiger partial charge in [-0.25, -0.2) is 0 Å². The third-order valence-corrected chi connectivity index (χ3v) is 3.45. The number of nitrogens with one attached hydrogen (secondary N) is 1. The zero-order chi connectivity index (χ0) is 11.8. The van der Waals surface area contributed by atoms with Crippen LogP contribution in [0.1, 0.15) is 25.8 Å². The summed E-state index contributed by atoms with van der Waals surface area (Å²) >= 11 is 4.21. The summed E-state index contributed by atoms with van der Waals surface area (Å²) in [6, 6.07) is 8.07. The Morgan fingerprint density at radius 1 is 1.44 bits per heavy atom. The molecule has 0 saturated heterocycles. The molecule has 2 nitrogen and oxygen atoms in total. The normalized spacial score (nSPS) is 21.6. The van der Waals surface area contributed by atoms with Crippen LogP contribution in [0.3, 0.4) is 0 Å². The molecular weight excluding hydrogens is 218 g/mol. The van der Waals surface area contributed by atoms with Crippen molar-refractivity contribution in [2.45, 2.75) is 37.6 Å². The van der Waals surface area contributed by atoms with Crippen LogP contribution < -0.4 is 5.32 Å². The Bertz CT molecular complexity index is 397. The highest BCUT2D eigenvalue weighted by molar-refractivity contribution is 7.80. The second-order valence-electron chi connectivity index (χ2n) is 5.16. The summed E-state index contributed by atoms with van der Waals surface area (Å²) in [4.78, 5) is 12.6. The summed E-state index contributed by atoms with van der Waals surface area (Å²) in [7, 11) is 0. The van der Waals surface area contributed by atoms with Gasteiger partial charge in [0.25, 0.3) is 0 Å². The Morgan fingerprint density at radius 3 is 2.50 bits per heavy atom. The van der Waals surface area contributed by atoms with Gasteiger partial charge >= 0.3 is 0 Å². The topological polar surface area (TPSA) is 29.1 Å². The molecule has 1 aromatic rings. The lowest BCUT2D eigenvalue weighted by Gasteiger charge is -2.07. The molecule has 16 heavy (non-hydrogen) atoms. The Morgan fingerprint density at radius 2 is 2.00 bits per heavy atom. The lowest BCUT2D eigenvalue weighted by molar-refractivity contribution is -0.120. The second-order valence-corrected chi connectivity index (χ2v) is 5.67. The van der Waals surface area contributed by atoms with Crippen molar-refractivity contribution in [1.82, 2.24) is 5.32 Å². The standard InChI is InChI=1S/C13H17NOS/c1-13(2)8-11(13)14-12(15)7-9-3-5-10(16)6-4-9/h3-6,11,16H,7-8H2,1-2H3,(H,14,15). The van der Waals surface area contributed by atoms with Crippen molar-refractivity contribution < 1.29 is 4.79 Å². The van der Waals surface area contributed by atoms with Gasteiger partial charge in [-0.15, -0.1) is 12.6 Å². The first-order valence-corrected chi connectivity index (χ1v) is 5.99. The van der Waals surface area contributed by atoms with Gasteiger partial charge in [-0.05, 0) is 29.5 Å². The summed E-state index contributed by atoms with van der Waals surface area (Å²) in [5.74, 6) is 0.113. The summed E-state index contributed by atoms with van der Waals surface area (Å²) < 4.78 is 0. The van der Waals surface area contributed by atoms with E-state index in [1.807, 2.05) is 24.3 Å². The van der Waals surface area contributed by atoms with Gasteiger partial charge in [0.05, 0.1) is 6.42 Å². The van der Waals surface area contributed by atoms with Crippen molar-refractivity contribution in [1.29, 1.82) is 0 Å². The summed E-state index contributed by atoms with van der Waals surface area (Å²) in [6.07, 6.45) is 1.55. The maximum Gasteiger partial charge on any atom is 0.224 e. The minimum atomic E-state index is 0.113. The largest absolute Gasteiger partial charge is 0.353 e. The zero-order valence-electron chi connectivity index (χ0n) is 9.66. The van der Waals surface area contributed by atoms with Crippen LogP contribution in [0, 0.1) is 5.41 Å². The minimum Gasteiger partial charge on any atom is -0.353 e. The Hall–Kier alpha value is -0.960. The third kappa shape index (κ3) is 2.79. The fourth-order valence-corrected chi connectivity index (χ4v) is 1.91. The summed E-state index contributed by atoms with van der Waals surface area (Å²) in [5, 5.41) is 3.05. The summed E-state index contributed by atoms with van der Waals surface area (Å²) in [5.41, 5.74) is 1.33. The molecule has 0 heterocycles. The highest BCUT2D eigenvalue weighted by Gasteiger charge is 2.46. The average Bonchev–Trinajstić information content (AvgIpc) is 2.77. The molecule has 1 saturated carbocycles. The van der Waals surface area contributed by atoms with E-state index in [9.17, 15) is 4.79 Å². The van der Waals surface area contributed by atoms with Gasteiger partial charge in [-0.3, -0.25) is 4.79 Å². The van der Waals surface area contributed by atoms with E-state index in [-0.39, 0.29) is 5.91 Å². The van der Waals surface area contributed by atoms with Crippen LogP contribution in [0.25, 0.3) is 0 Å². The SMILES string of the molecule is CC1(C)CC1NC(=O)Cc1ccc(S)cc1. The van der Waals surface area contributed by atoms with Gasteiger partial charge in [0, 0.05) is 10.9 Å². The van der Waals surface area contributed by atoms with E-state index < -0.39 is 0 Å². The van der Waals surface area contributed by atoms with Crippen LogP contribution in [0.15, 0.2) is 29.2 Å². The van der Waals surface area contributed by atoms with E-state index in [1.54, 1.807) is 0 Å². The fourth-order valence-electron chi connectivity index (χ4n) is 1.76. The number of hydrogen-bond acceptors (Lipinski definition) is 2. The average molecular weight is 235 g/mol. The molecule has 1 unspecified atom stereocenters. The van der Waals surface area contributed by atoms with E-state index in [0.717, 1.165) is 16.9 Å². The Kier molecular flexibility index (Phi) is 2.98. The molecule has 0 spiro atoms. The fraction of sp³-hybridized carbons (Fsp3) is 0.462. The first-order valence-electron chi connectivity index (χ1n) is 5.55. The number of amides is 1. The third-order valence-electron chi connectivity index (χ3n) is 3.15. The number of thiol groups is 1. The van der Waals surface area contributed by atoms with Crippen LogP contribution >= 0.6 is 12.6 Å². The molecule has 0 radical (unpaired) electrons. The van der Waals surface area contributed by atoms with Gasteiger partial charge in [0.1, 0.15) is 0 Å². The zero-order valence-corrected chi connectivity index (χ0v) is 10.6. The van der Waals surface area contributed by atoms with Gasteiger partial charge in [-0.1, -0.05) is 26.0 Å². The van der Waals surface area contributed by atoms with Gasteiger partial charge in [0.2, 0.25) is 5.91 Å². The van der Waals surface area contributed by atoms with Crippen molar-refractivity contribution >= 4 is 18.5 Å². The van der Waals surface area contributed by atoms with E-state index in [4.69, 9.17) is 0 Å². The monoisotopic (exact) mass is 235 g/mol. The molecule has 1 N–H and O–H groups in total. The van der Waals surface area contributed by atoms with Gasteiger partial charge in [-0.2, -0.15) is 0 Å². The molecule has 3 heteroatoms. The molecule has 1 aliphatic rings. The molecule has 0 bridgehead atoms. The van der Waals surface area contributed by atoms with E-state index >= 15 is 0 Å². The van der Waals surface area contributed by atoms with Crippen molar-refractivity contribution in [3.63, 3.8) is 0 Å². The molecule has 2 rings (SSSR count). The van der Waals surface area contributed by atoms with Gasteiger partial charge < -0.3 is 5.32 Å². The van der Waals surface area contributed by atoms with Crippen LogP contribution in [-0.4, -0.2) is 11.9 Å². The quantitative estimate of drug-likeness (QED) is 0.774. The van der Waals surface area contributed by atoms with Crippen LogP contribution in [0.4, 0.5) is 0 Å². The molecule has 86 valence electrons. The highest BCUT2D eigenvalue weighted by Crippen LogP contribution is 2.44. The van der Waals surface area contributed by atoms with Gasteiger partial charge in [0.15, 0.2) is 0 Å². The number of benzene rings is 1. The molecule has 1 amide bonds. The smallest absolute Gasteiger partial charge is 0.224 e. The van der Waals surface area contributed by atoms with E-state index in [2.05, 4.69) is 31.8 Å². The predicted molar refractivity (Wildman–Crippen MR) is 67.7 cm³/mol. The lowest BCUT2D eigenvalue weighted by Crippen LogP contribution is -2.29. The maximum absolute atomic E-state index is 11.7. The maximum atomic E-state index is 11.7. The molecular formula is C13H17NOS. The van der Waals surface area contributed by atoms with E-state index in [1.165, 1.54) is 0 Å². The second kappa shape index (κ2) is 4.13. The summed E-state index contributed by atoms with van der Waals surface area (Å²) in [6.45, 7) is 4.35. The molecule has 0 aromatic heterocycles. The number of carbonyl (C=O) groups is 1. The van der Waals surface area contributed by atoms with Crippen molar-refractivity contribution in [3.8, 4) is 0 Å². The highest BCUT2D eigenvalue weighted by atomic mass is 32.1. The van der Waals surface area contributed by atoms with Crippen LogP contribution in [0.5, 0.6) is 0 Å². The Balaban J connectivity index is 1.86. The Labute approximate surface area is 102 Å². The van der Waals surface area contributed by atoms with Crippen molar-refractivity contribution in [3.05, 3.63) is 29.8 Å². The van der Waals surface area contributed by atoms with Crippen LogP contribution in [-0.2, 0) is 11.2 Å². The predicted octanol–water partition coefficient (Wildman–Crippen LogP) is 2.43. The first-order chi connectivity index (χ1) is 7.47. The molecule has 1 aliphatic carbocycles. The number of rotatable bonds is 3. The molecule has 0 aliphatic heterocycles. The lowest BCUT2D eigenvalue weighted by atomic mass is 10.1. The van der Waals surface area contributed by atoms with Crippen LogP contribution in [0.2, 0.25) is 0 Å². The van der Waals surface area contributed by atoms with Crippen molar-refractivity contribution in [2.75, 3.05) is 0 Å². The number of hydrogen-bond donors (Lipinski definition) is 2. The molecule has 1 atom stereocenters. The van der Waals surface area contributed by atoms with E-state index in [0.29, 0.717) is 17.9 Å². The first kappa shape index (κ1) is 11.5. The van der Waals surface area contributed by atoms with Crippen molar-refractivity contribution in [2.24, 2.45) is 5.41 Å². The minimum absolute atomic E-state index is 0.113. The number of carbonyl (C=O) groups excluding carboxylic acids is 1. The molecule has 1 aromatic carbocycles.